The van der Waals surface area contributed by atoms with Crippen LogP contribution in [0.1, 0.15) is 0 Å². The van der Waals surface area contributed by atoms with Crippen molar-refractivity contribution in [1.29, 1.82) is 0 Å². The summed E-state index contributed by atoms with van der Waals surface area (Å²) in [7, 11) is 0. The van der Waals surface area contributed by atoms with Gasteiger partial charge in [-0.1, -0.05) is 41.7 Å². The molecule has 0 saturated carbocycles. The number of anilines is 6. The van der Waals surface area contributed by atoms with Gasteiger partial charge in [0.15, 0.2) is 15.4 Å². The highest BCUT2D eigenvalue weighted by molar-refractivity contribution is 7.81. The molecule has 0 spiro atoms. The van der Waals surface area contributed by atoms with Crippen LogP contribution in [0.4, 0.5) is 44.4 Å². The molecular weight excluding hydrogens is 576 g/mol. The van der Waals surface area contributed by atoms with E-state index in [9.17, 15) is 14.5 Å². The molecule has 2 heterocycles. The summed E-state index contributed by atoms with van der Waals surface area (Å²) < 4.78 is 14.3. The van der Waals surface area contributed by atoms with Crippen molar-refractivity contribution in [2.24, 2.45) is 0 Å². The van der Waals surface area contributed by atoms with Gasteiger partial charge in [0.2, 0.25) is 17.8 Å². The van der Waals surface area contributed by atoms with Gasteiger partial charge in [0.05, 0.1) is 15.1 Å². The van der Waals surface area contributed by atoms with E-state index in [2.05, 4.69) is 46.5 Å². The van der Waals surface area contributed by atoms with Gasteiger partial charge in [0.1, 0.15) is 11.5 Å². The van der Waals surface area contributed by atoms with E-state index in [1.54, 1.807) is 18.2 Å². The Morgan fingerprint density at radius 2 is 1.45 bits per heavy atom. The third-order valence-electron chi connectivity index (χ3n) is 5.04. The highest BCUT2D eigenvalue weighted by Gasteiger charge is 2.16. The zero-order valence-corrected chi connectivity index (χ0v) is 22.5. The Morgan fingerprint density at radius 3 is 2.17 bits per heavy atom. The summed E-state index contributed by atoms with van der Waals surface area (Å²) >= 11 is 11.9. The standard InChI is InChI=1S/C24H17FN10O2S3/c25-13-10-11-16-18(12-13)40-24(28-16)34-21-30-19(32-22(38)26-14-6-2-1-3-7-14)29-20(31-21)33-23(39)27-15-8-4-5-9-17(15)35(36)37/h1-12H,(H5,26,27,28,29,30,31,32,33,34,38,39). The SMILES string of the molecule is O=[N+]([O-])c1ccccc1NC(=S)Nc1nc(NC(=S)Nc2ccccc2)nc(Nc2nc3ccc(F)cc3s2)n1. The summed E-state index contributed by atoms with van der Waals surface area (Å²) in [4.78, 5) is 28.2. The fourth-order valence-corrected chi connectivity index (χ4v) is 4.66. The maximum Gasteiger partial charge on any atom is 0.292 e. The number of nitrogens with one attached hydrogen (secondary N) is 5. The number of fused-ring (bicyclic) bond motifs is 1. The number of benzene rings is 3. The first kappa shape index (κ1) is 26.7. The Bertz CT molecular complexity index is 1740. The van der Waals surface area contributed by atoms with Gasteiger partial charge >= 0.3 is 0 Å². The van der Waals surface area contributed by atoms with Crippen molar-refractivity contribution in [3.05, 3.63) is 88.7 Å². The van der Waals surface area contributed by atoms with Crippen LogP contribution in [0.25, 0.3) is 10.2 Å². The number of thiazole rings is 1. The number of thiocarbonyl (C=S) groups is 2. The quantitative estimate of drug-likeness (QED) is 0.0867. The van der Waals surface area contributed by atoms with Crippen molar-refractivity contribution >= 4 is 96.3 Å². The van der Waals surface area contributed by atoms with E-state index >= 15 is 0 Å². The van der Waals surface area contributed by atoms with Crippen LogP contribution in [0.3, 0.4) is 0 Å². The maximum atomic E-state index is 13.6. The number of nitro groups is 1. The van der Waals surface area contributed by atoms with E-state index in [0.29, 0.717) is 15.3 Å². The Morgan fingerprint density at radius 1 is 0.800 bits per heavy atom. The van der Waals surface area contributed by atoms with Gasteiger partial charge in [-0.2, -0.15) is 15.0 Å². The highest BCUT2D eigenvalue weighted by atomic mass is 32.1. The van der Waals surface area contributed by atoms with E-state index in [1.807, 2.05) is 30.3 Å². The molecule has 0 aliphatic heterocycles. The van der Waals surface area contributed by atoms with Gasteiger partial charge in [-0.25, -0.2) is 9.37 Å². The van der Waals surface area contributed by atoms with Gasteiger partial charge < -0.3 is 21.3 Å². The van der Waals surface area contributed by atoms with Gasteiger partial charge in [-0.15, -0.1) is 0 Å². The molecule has 0 atom stereocenters. The Hall–Kier alpha value is -4.93. The number of nitrogens with zero attached hydrogens (tertiary/aromatic N) is 5. The van der Waals surface area contributed by atoms with Crippen molar-refractivity contribution in [2.45, 2.75) is 0 Å². The highest BCUT2D eigenvalue weighted by Crippen LogP contribution is 2.28. The minimum absolute atomic E-state index is 0.00199. The predicted molar refractivity (Wildman–Crippen MR) is 162 cm³/mol. The van der Waals surface area contributed by atoms with Crippen LogP contribution in [-0.4, -0.2) is 35.1 Å². The zero-order valence-electron chi connectivity index (χ0n) is 20.1. The fourth-order valence-electron chi connectivity index (χ4n) is 3.37. The lowest BCUT2D eigenvalue weighted by Crippen LogP contribution is -2.24. The van der Waals surface area contributed by atoms with Gasteiger partial charge in [0, 0.05) is 11.8 Å². The third-order valence-corrected chi connectivity index (χ3v) is 6.38. The zero-order chi connectivity index (χ0) is 28.1. The lowest BCUT2D eigenvalue weighted by atomic mass is 10.3. The van der Waals surface area contributed by atoms with Crippen LogP contribution in [0.5, 0.6) is 0 Å². The second-order valence-corrected chi connectivity index (χ2v) is 9.71. The molecule has 5 rings (SSSR count). The van der Waals surface area contributed by atoms with Crippen molar-refractivity contribution in [3.63, 3.8) is 0 Å². The first-order chi connectivity index (χ1) is 19.3. The van der Waals surface area contributed by atoms with E-state index < -0.39 is 4.92 Å². The number of aromatic nitrogens is 4. The van der Waals surface area contributed by atoms with Crippen molar-refractivity contribution in [2.75, 3.05) is 26.6 Å². The van der Waals surface area contributed by atoms with E-state index in [0.717, 1.165) is 5.69 Å². The van der Waals surface area contributed by atoms with E-state index in [1.165, 1.54) is 35.6 Å². The molecule has 12 nitrogen and oxygen atoms in total. The van der Waals surface area contributed by atoms with Crippen LogP contribution in [0, 0.1) is 15.9 Å². The molecule has 0 unspecified atom stereocenters. The van der Waals surface area contributed by atoms with Crippen LogP contribution in [0.15, 0.2) is 72.8 Å². The monoisotopic (exact) mass is 592 g/mol. The van der Waals surface area contributed by atoms with Crippen LogP contribution < -0.4 is 26.6 Å². The minimum Gasteiger partial charge on any atom is -0.332 e. The number of para-hydroxylation sites is 3. The average Bonchev–Trinajstić information content (AvgIpc) is 3.30. The second kappa shape index (κ2) is 11.9. The Labute approximate surface area is 240 Å². The van der Waals surface area contributed by atoms with Crippen LogP contribution in [-0.2, 0) is 0 Å². The molecule has 0 radical (unpaired) electrons. The summed E-state index contributed by atoms with van der Waals surface area (Å²) in [5.74, 6) is -0.227. The number of rotatable bonds is 7. The van der Waals surface area contributed by atoms with E-state index in [-0.39, 0.29) is 45.3 Å². The molecule has 0 aliphatic rings. The molecule has 0 fully saturated rings. The molecular formula is C24H17FN10O2S3. The second-order valence-electron chi connectivity index (χ2n) is 7.86. The largest absolute Gasteiger partial charge is 0.332 e. The number of hydrogen-bond donors (Lipinski definition) is 5. The molecule has 5 N–H and O–H groups in total. The molecule has 3 aromatic carbocycles. The lowest BCUT2D eigenvalue weighted by molar-refractivity contribution is -0.383. The Balaban J connectivity index is 1.39. The molecule has 0 amide bonds. The molecule has 2 aromatic heterocycles. The summed E-state index contributed by atoms with van der Waals surface area (Å²) in [5.41, 5.74) is 1.38. The average molecular weight is 593 g/mol. The number of halogens is 1. The first-order valence-corrected chi connectivity index (χ1v) is 13.0. The van der Waals surface area contributed by atoms with Crippen molar-refractivity contribution < 1.29 is 9.31 Å². The third kappa shape index (κ3) is 6.73. The molecule has 0 saturated heterocycles. The maximum absolute atomic E-state index is 13.6. The molecule has 0 bridgehead atoms. The fraction of sp³-hybridized carbons (Fsp3) is 0. The summed E-state index contributed by atoms with van der Waals surface area (Å²) in [6.07, 6.45) is 0. The predicted octanol–water partition coefficient (Wildman–Crippen LogP) is 5.89. The Kier molecular flexibility index (Phi) is 7.90. The smallest absolute Gasteiger partial charge is 0.292 e. The lowest BCUT2D eigenvalue weighted by Gasteiger charge is -2.13. The topological polar surface area (TPSA) is 155 Å². The normalized spacial score (nSPS) is 10.5. The van der Waals surface area contributed by atoms with Gasteiger partial charge in [-0.05, 0) is 60.8 Å². The van der Waals surface area contributed by atoms with Crippen molar-refractivity contribution in [3.8, 4) is 0 Å². The van der Waals surface area contributed by atoms with E-state index in [4.69, 9.17) is 24.4 Å². The van der Waals surface area contributed by atoms with Gasteiger partial charge in [0.25, 0.3) is 5.69 Å². The molecule has 5 aromatic rings. The number of nitro benzene ring substituents is 1. The number of hydrogen-bond acceptors (Lipinski definition) is 10. The molecule has 0 aliphatic carbocycles. The first-order valence-electron chi connectivity index (χ1n) is 11.4. The summed E-state index contributed by atoms with van der Waals surface area (Å²) in [5, 5.41) is 26.5. The summed E-state index contributed by atoms with van der Waals surface area (Å²) in [6.45, 7) is 0. The molecule has 200 valence electrons. The molecule has 16 heteroatoms. The van der Waals surface area contributed by atoms with Crippen LogP contribution >= 0.6 is 35.8 Å². The summed E-state index contributed by atoms with van der Waals surface area (Å²) in [6, 6.07) is 19.6. The van der Waals surface area contributed by atoms with Crippen LogP contribution in [0.2, 0.25) is 0 Å². The minimum atomic E-state index is -0.525. The molecule has 40 heavy (non-hydrogen) atoms. The van der Waals surface area contributed by atoms with Crippen molar-refractivity contribution in [1.82, 2.24) is 19.9 Å². The van der Waals surface area contributed by atoms with Gasteiger partial charge in [-0.3, -0.25) is 15.4 Å².